The van der Waals surface area contributed by atoms with Crippen LogP contribution >= 0.6 is 22.7 Å². The number of carbonyl (C=O) groups is 1. The molecule has 1 amide bonds. The highest BCUT2D eigenvalue weighted by molar-refractivity contribution is 7.12. The summed E-state index contributed by atoms with van der Waals surface area (Å²) < 4.78 is 5.43. The van der Waals surface area contributed by atoms with E-state index in [-0.39, 0.29) is 11.9 Å². The molecule has 21 heavy (non-hydrogen) atoms. The standard InChI is InChI=1S/C15H18N2O2S2/c18-15(14-4-2-10-21-14)16-11-12(13-3-1-9-20-13)17-5-7-19-8-6-17/h1-4,9-10,12H,5-8,11H2,(H,16,18)/t12-/m0/s1. The van der Waals surface area contributed by atoms with Gasteiger partial charge in [0.2, 0.25) is 0 Å². The molecule has 4 nitrogen and oxygen atoms in total. The molecule has 0 aromatic carbocycles. The van der Waals surface area contributed by atoms with Crippen molar-refractivity contribution in [2.75, 3.05) is 32.8 Å². The van der Waals surface area contributed by atoms with Crippen LogP contribution < -0.4 is 5.32 Å². The third-order valence-corrected chi connectivity index (χ3v) is 5.40. The second-order valence-electron chi connectivity index (χ2n) is 4.87. The maximum atomic E-state index is 12.1. The monoisotopic (exact) mass is 322 g/mol. The molecule has 3 heterocycles. The predicted molar refractivity (Wildman–Crippen MR) is 86.1 cm³/mol. The van der Waals surface area contributed by atoms with Crippen LogP contribution in [-0.4, -0.2) is 43.7 Å². The maximum absolute atomic E-state index is 12.1. The van der Waals surface area contributed by atoms with Gasteiger partial charge in [0.25, 0.3) is 5.91 Å². The van der Waals surface area contributed by atoms with Crippen LogP contribution in [0.4, 0.5) is 0 Å². The molecule has 2 aromatic rings. The number of ether oxygens (including phenoxy) is 1. The van der Waals surface area contributed by atoms with Crippen molar-refractivity contribution in [3.05, 3.63) is 44.8 Å². The van der Waals surface area contributed by atoms with Gasteiger partial charge in [-0.3, -0.25) is 9.69 Å². The molecule has 0 bridgehead atoms. The lowest BCUT2D eigenvalue weighted by molar-refractivity contribution is 0.0169. The normalized spacial score (nSPS) is 17.5. The number of morpholine rings is 1. The average molecular weight is 322 g/mol. The van der Waals surface area contributed by atoms with Crippen LogP contribution in [0.15, 0.2) is 35.0 Å². The minimum atomic E-state index is 0.0137. The van der Waals surface area contributed by atoms with E-state index in [1.165, 1.54) is 16.2 Å². The summed E-state index contributed by atoms with van der Waals surface area (Å²) in [6.07, 6.45) is 0. The summed E-state index contributed by atoms with van der Waals surface area (Å²) in [6, 6.07) is 8.20. The Morgan fingerprint density at radius 3 is 2.67 bits per heavy atom. The van der Waals surface area contributed by atoms with Gasteiger partial charge in [0.05, 0.1) is 24.1 Å². The quantitative estimate of drug-likeness (QED) is 0.920. The summed E-state index contributed by atoms with van der Waals surface area (Å²) in [5.41, 5.74) is 0. The Balaban J connectivity index is 1.66. The zero-order chi connectivity index (χ0) is 14.5. The first-order valence-electron chi connectivity index (χ1n) is 7.01. The fourth-order valence-electron chi connectivity index (χ4n) is 2.46. The van der Waals surface area contributed by atoms with Crippen LogP contribution in [-0.2, 0) is 4.74 Å². The summed E-state index contributed by atoms with van der Waals surface area (Å²) >= 11 is 3.22. The molecule has 0 spiro atoms. The van der Waals surface area contributed by atoms with Crippen LogP contribution in [0, 0.1) is 0 Å². The van der Waals surface area contributed by atoms with E-state index < -0.39 is 0 Å². The Bertz CT molecular complexity index is 548. The molecule has 3 rings (SSSR count). The van der Waals surface area contributed by atoms with Crippen molar-refractivity contribution in [1.82, 2.24) is 10.2 Å². The molecule has 1 saturated heterocycles. The van der Waals surface area contributed by atoms with Crippen LogP contribution in [0.1, 0.15) is 20.6 Å². The number of thiophene rings is 2. The summed E-state index contributed by atoms with van der Waals surface area (Å²) in [4.78, 5) is 16.6. The molecule has 2 aromatic heterocycles. The minimum absolute atomic E-state index is 0.0137. The molecule has 6 heteroatoms. The number of carbonyl (C=O) groups excluding carboxylic acids is 1. The summed E-state index contributed by atoms with van der Waals surface area (Å²) in [5.74, 6) is 0.0137. The van der Waals surface area contributed by atoms with Crippen molar-refractivity contribution in [1.29, 1.82) is 0 Å². The number of nitrogens with zero attached hydrogens (tertiary/aromatic N) is 1. The van der Waals surface area contributed by atoms with Gasteiger partial charge in [-0.1, -0.05) is 12.1 Å². The van der Waals surface area contributed by atoms with Crippen molar-refractivity contribution < 1.29 is 9.53 Å². The van der Waals surface area contributed by atoms with Gasteiger partial charge in [-0.2, -0.15) is 0 Å². The van der Waals surface area contributed by atoms with Crippen LogP contribution in [0.2, 0.25) is 0 Å². The van der Waals surface area contributed by atoms with Crippen LogP contribution in [0.3, 0.4) is 0 Å². The largest absolute Gasteiger partial charge is 0.379 e. The van der Waals surface area contributed by atoms with Gasteiger partial charge >= 0.3 is 0 Å². The number of rotatable bonds is 5. The first-order chi connectivity index (χ1) is 10.3. The maximum Gasteiger partial charge on any atom is 0.261 e. The summed E-state index contributed by atoms with van der Waals surface area (Å²) in [5, 5.41) is 7.08. The molecule has 112 valence electrons. The van der Waals surface area contributed by atoms with Crippen LogP contribution in [0.25, 0.3) is 0 Å². The van der Waals surface area contributed by atoms with E-state index in [0.29, 0.717) is 6.54 Å². The predicted octanol–water partition coefficient (Wildman–Crippen LogP) is 2.61. The van der Waals surface area contributed by atoms with Gasteiger partial charge < -0.3 is 10.1 Å². The van der Waals surface area contributed by atoms with E-state index in [1.54, 1.807) is 11.3 Å². The van der Waals surface area contributed by atoms with Gasteiger partial charge in [-0.25, -0.2) is 0 Å². The second kappa shape index (κ2) is 7.17. The fraction of sp³-hybridized carbons (Fsp3) is 0.400. The van der Waals surface area contributed by atoms with Gasteiger partial charge in [-0.05, 0) is 22.9 Å². The average Bonchev–Trinajstić information content (AvgIpc) is 3.22. The van der Waals surface area contributed by atoms with Crippen LogP contribution in [0.5, 0.6) is 0 Å². The minimum Gasteiger partial charge on any atom is -0.379 e. The molecule has 1 fully saturated rings. The van der Waals surface area contributed by atoms with Crippen molar-refractivity contribution >= 4 is 28.6 Å². The molecule has 1 N–H and O–H groups in total. The fourth-order valence-corrected chi connectivity index (χ4v) is 3.96. The second-order valence-corrected chi connectivity index (χ2v) is 6.79. The smallest absolute Gasteiger partial charge is 0.261 e. The van der Waals surface area contributed by atoms with Crippen molar-refractivity contribution in [3.63, 3.8) is 0 Å². The van der Waals surface area contributed by atoms with E-state index in [2.05, 4.69) is 27.7 Å². The molecule has 0 unspecified atom stereocenters. The molecule has 1 atom stereocenters. The van der Waals surface area contributed by atoms with E-state index in [4.69, 9.17) is 4.74 Å². The topological polar surface area (TPSA) is 41.6 Å². The third kappa shape index (κ3) is 3.71. The van der Waals surface area contributed by atoms with E-state index in [0.717, 1.165) is 31.2 Å². The Hall–Kier alpha value is -1.21. The molecule has 0 saturated carbocycles. The Labute approximate surface area is 132 Å². The SMILES string of the molecule is O=C(NC[C@@H](c1cccs1)N1CCOCC1)c1cccs1. The first-order valence-corrected chi connectivity index (χ1v) is 8.77. The number of amides is 1. The molecule has 0 radical (unpaired) electrons. The lowest BCUT2D eigenvalue weighted by atomic mass is 10.2. The van der Waals surface area contributed by atoms with Gasteiger partial charge in [0, 0.05) is 24.5 Å². The number of hydrogen-bond acceptors (Lipinski definition) is 5. The first kappa shape index (κ1) is 14.7. The molecule has 1 aliphatic heterocycles. The molecular weight excluding hydrogens is 304 g/mol. The van der Waals surface area contributed by atoms with Gasteiger partial charge in [-0.15, -0.1) is 22.7 Å². The van der Waals surface area contributed by atoms with E-state index in [9.17, 15) is 4.79 Å². The Morgan fingerprint density at radius 1 is 1.24 bits per heavy atom. The van der Waals surface area contributed by atoms with Gasteiger partial charge in [0.15, 0.2) is 0 Å². The van der Waals surface area contributed by atoms with Crippen molar-refractivity contribution in [3.8, 4) is 0 Å². The van der Waals surface area contributed by atoms with Crippen molar-refractivity contribution in [2.24, 2.45) is 0 Å². The van der Waals surface area contributed by atoms with E-state index >= 15 is 0 Å². The zero-order valence-electron chi connectivity index (χ0n) is 11.7. The highest BCUT2D eigenvalue weighted by atomic mass is 32.1. The number of hydrogen-bond donors (Lipinski definition) is 1. The number of nitrogens with one attached hydrogen (secondary N) is 1. The lowest BCUT2D eigenvalue weighted by Gasteiger charge is -2.34. The lowest BCUT2D eigenvalue weighted by Crippen LogP contribution is -2.43. The molecular formula is C15H18N2O2S2. The summed E-state index contributed by atoms with van der Waals surface area (Å²) in [6.45, 7) is 3.99. The van der Waals surface area contributed by atoms with Crippen molar-refractivity contribution in [2.45, 2.75) is 6.04 Å². The molecule has 0 aliphatic carbocycles. The highest BCUT2D eigenvalue weighted by Gasteiger charge is 2.24. The Morgan fingerprint density at radius 2 is 2.00 bits per heavy atom. The Kier molecular flexibility index (Phi) is 5.03. The molecule has 1 aliphatic rings. The van der Waals surface area contributed by atoms with Gasteiger partial charge in [0.1, 0.15) is 0 Å². The highest BCUT2D eigenvalue weighted by Crippen LogP contribution is 2.25. The van der Waals surface area contributed by atoms with E-state index in [1.807, 2.05) is 17.5 Å². The zero-order valence-corrected chi connectivity index (χ0v) is 13.3. The summed E-state index contributed by atoms with van der Waals surface area (Å²) in [7, 11) is 0. The third-order valence-electron chi connectivity index (χ3n) is 3.56.